The Hall–Kier alpha value is -1.71. The van der Waals surface area contributed by atoms with Crippen molar-refractivity contribution in [2.45, 2.75) is 65.5 Å². The van der Waals surface area contributed by atoms with E-state index in [9.17, 15) is 4.79 Å². The van der Waals surface area contributed by atoms with E-state index >= 15 is 0 Å². The zero-order valence-electron chi connectivity index (χ0n) is 15.5. The van der Waals surface area contributed by atoms with E-state index in [1.165, 1.54) is 18.4 Å². The fourth-order valence-electron chi connectivity index (χ4n) is 2.73. The molecule has 0 aromatic heterocycles. The van der Waals surface area contributed by atoms with E-state index in [-0.39, 0.29) is 18.2 Å². The van der Waals surface area contributed by atoms with Crippen molar-refractivity contribution in [1.29, 1.82) is 0 Å². The van der Waals surface area contributed by atoms with Crippen LogP contribution in [0.4, 0.5) is 4.79 Å². The molecule has 0 heterocycles. The molecule has 1 aromatic rings. The molecule has 1 fully saturated rings. The molecule has 0 aliphatic heterocycles. The molecule has 2 rings (SSSR count). The molecule has 1 unspecified atom stereocenters. The van der Waals surface area contributed by atoms with E-state index in [4.69, 9.17) is 4.74 Å². The summed E-state index contributed by atoms with van der Waals surface area (Å²) < 4.78 is 5.66. The summed E-state index contributed by atoms with van der Waals surface area (Å²) in [4.78, 5) is 14.2. The SMILES string of the molecule is CCN(CC1CC1)C(=O)NC(C)CCc1ccc(OC(C)C)cc1. The van der Waals surface area contributed by atoms with Crippen LogP contribution in [0.5, 0.6) is 5.75 Å². The number of carbonyl (C=O) groups is 1. The number of hydrogen-bond donors (Lipinski definition) is 1. The van der Waals surface area contributed by atoms with Gasteiger partial charge in [0.25, 0.3) is 0 Å². The smallest absolute Gasteiger partial charge is 0.317 e. The van der Waals surface area contributed by atoms with E-state index in [1.807, 2.05) is 37.8 Å². The van der Waals surface area contributed by atoms with Crippen molar-refractivity contribution < 1.29 is 9.53 Å². The summed E-state index contributed by atoms with van der Waals surface area (Å²) in [7, 11) is 0. The third kappa shape index (κ3) is 6.42. The summed E-state index contributed by atoms with van der Waals surface area (Å²) in [6.07, 6.45) is 4.64. The molecular weight excluding hydrogens is 300 g/mol. The lowest BCUT2D eigenvalue weighted by atomic mass is 10.1. The number of ether oxygens (including phenoxy) is 1. The van der Waals surface area contributed by atoms with Crippen molar-refractivity contribution in [3.8, 4) is 5.75 Å². The van der Waals surface area contributed by atoms with E-state index < -0.39 is 0 Å². The summed E-state index contributed by atoms with van der Waals surface area (Å²) in [5.41, 5.74) is 1.28. The Kier molecular flexibility index (Phi) is 6.95. The van der Waals surface area contributed by atoms with Crippen LogP contribution in [0.25, 0.3) is 0 Å². The number of aryl methyl sites for hydroxylation is 1. The van der Waals surface area contributed by atoms with Crippen LogP contribution in [0.3, 0.4) is 0 Å². The van der Waals surface area contributed by atoms with Gasteiger partial charge in [-0.05, 0) is 77.0 Å². The number of hydrogen-bond acceptors (Lipinski definition) is 2. The van der Waals surface area contributed by atoms with Crippen molar-refractivity contribution in [1.82, 2.24) is 10.2 Å². The standard InChI is InChI=1S/C20H32N2O2/c1-5-22(14-18-8-9-18)20(23)21-16(4)6-7-17-10-12-19(13-11-17)24-15(2)3/h10-13,15-16,18H,5-9,14H2,1-4H3,(H,21,23). The number of urea groups is 1. The summed E-state index contributed by atoms with van der Waals surface area (Å²) in [5, 5.41) is 3.13. The topological polar surface area (TPSA) is 41.6 Å². The van der Waals surface area contributed by atoms with Gasteiger partial charge in [-0.15, -0.1) is 0 Å². The first-order valence-corrected chi connectivity index (χ1v) is 9.29. The predicted molar refractivity (Wildman–Crippen MR) is 98.5 cm³/mol. The van der Waals surface area contributed by atoms with Crippen LogP contribution in [-0.2, 0) is 6.42 Å². The normalized spacial score (nSPS) is 15.2. The number of carbonyl (C=O) groups excluding carboxylic acids is 1. The maximum atomic E-state index is 12.3. The number of rotatable bonds is 9. The quantitative estimate of drug-likeness (QED) is 0.735. The Morgan fingerprint density at radius 1 is 1.25 bits per heavy atom. The van der Waals surface area contributed by atoms with Crippen LogP contribution in [-0.4, -0.2) is 36.2 Å². The summed E-state index contributed by atoms with van der Waals surface area (Å²) >= 11 is 0. The molecule has 24 heavy (non-hydrogen) atoms. The lowest BCUT2D eigenvalue weighted by molar-refractivity contribution is 0.194. The minimum atomic E-state index is 0.0811. The zero-order valence-corrected chi connectivity index (χ0v) is 15.5. The van der Waals surface area contributed by atoms with Gasteiger partial charge in [-0.1, -0.05) is 12.1 Å². The number of amides is 2. The molecule has 1 aromatic carbocycles. The lowest BCUT2D eigenvalue weighted by Crippen LogP contribution is -2.44. The third-order valence-electron chi connectivity index (χ3n) is 4.38. The van der Waals surface area contributed by atoms with E-state index in [0.29, 0.717) is 0 Å². The molecule has 134 valence electrons. The van der Waals surface area contributed by atoms with Gasteiger partial charge in [0.15, 0.2) is 0 Å². The first kappa shape index (κ1) is 18.6. The lowest BCUT2D eigenvalue weighted by Gasteiger charge is -2.24. The van der Waals surface area contributed by atoms with Gasteiger partial charge in [0.05, 0.1) is 6.10 Å². The molecule has 0 bridgehead atoms. The fourth-order valence-corrected chi connectivity index (χ4v) is 2.73. The molecule has 1 atom stereocenters. The molecular formula is C20H32N2O2. The minimum absolute atomic E-state index is 0.0811. The fraction of sp³-hybridized carbons (Fsp3) is 0.650. The van der Waals surface area contributed by atoms with Crippen molar-refractivity contribution in [3.63, 3.8) is 0 Å². The first-order valence-electron chi connectivity index (χ1n) is 9.29. The van der Waals surface area contributed by atoms with Gasteiger partial charge in [0.1, 0.15) is 5.75 Å². The van der Waals surface area contributed by atoms with Crippen LogP contribution in [0.1, 0.15) is 52.5 Å². The molecule has 4 nitrogen and oxygen atoms in total. The van der Waals surface area contributed by atoms with Gasteiger partial charge < -0.3 is 15.0 Å². The molecule has 0 spiro atoms. The van der Waals surface area contributed by atoms with Gasteiger partial charge in [0.2, 0.25) is 0 Å². The Labute approximate surface area is 146 Å². The Morgan fingerprint density at radius 2 is 1.92 bits per heavy atom. The second kappa shape index (κ2) is 8.95. The highest BCUT2D eigenvalue weighted by Crippen LogP contribution is 2.29. The molecule has 0 radical (unpaired) electrons. The second-order valence-electron chi connectivity index (χ2n) is 7.18. The number of nitrogens with zero attached hydrogens (tertiary/aromatic N) is 1. The average Bonchev–Trinajstić information content (AvgIpc) is 3.35. The summed E-state index contributed by atoms with van der Waals surface area (Å²) in [6.45, 7) is 9.88. The molecule has 1 N–H and O–H groups in total. The van der Waals surface area contributed by atoms with Gasteiger partial charge in [-0.3, -0.25) is 0 Å². The summed E-state index contributed by atoms with van der Waals surface area (Å²) in [6, 6.07) is 8.52. The largest absolute Gasteiger partial charge is 0.491 e. The highest BCUT2D eigenvalue weighted by molar-refractivity contribution is 5.74. The van der Waals surface area contributed by atoms with Crippen LogP contribution in [0.15, 0.2) is 24.3 Å². The van der Waals surface area contributed by atoms with Crippen molar-refractivity contribution in [3.05, 3.63) is 29.8 Å². The van der Waals surface area contributed by atoms with E-state index in [2.05, 4.69) is 24.4 Å². The summed E-state index contributed by atoms with van der Waals surface area (Å²) in [5.74, 6) is 1.64. The van der Waals surface area contributed by atoms with Gasteiger partial charge in [0, 0.05) is 19.1 Å². The van der Waals surface area contributed by atoms with Crippen LogP contribution < -0.4 is 10.1 Å². The Morgan fingerprint density at radius 3 is 2.46 bits per heavy atom. The van der Waals surface area contributed by atoms with Crippen LogP contribution in [0.2, 0.25) is 0 Å². The van der Waals surface area contributed by atoms with Crippen LogP contribution in [0, 0.1) is 5.92 Å². The van der Waals surface area contributed by atoms with Crippen molar-refractivity contribution in [2.24, 2.45) is 5.92 Å². The number of benzene rings is 1. The molecule has 4 heteroatoms. The molecule has 2 amide bonds. The molecule has 1 saturated carbocycles. The van der Waals surface area contributed by atoms with Gasteiger partial charge >= 0.3 is 6.03 Å². The second-order valence-corrected chi connectivity index (χ2v) is 7.18. The van der Waals surface area contributed by atoms with E-state index in [1.54, 1.807) is 0 Å². The Bertz CT molecular complexity index is 509. The molecule has 1 aliphatic rings. The molecule has 0 saturated heterocycles. The van der Waals surface area contributed by atoms with Gasteiger partial charge in [-0.25, -0.2) is 4.79 Å². The van der Waals surface area contributed by atoms with Gasteiger partial charge in [-0.2, -0.15) is 0 Å². The maximum Gasteiger partial charge on any atom is 0.317 e. The predicted octanol–water partition coefficient (Wildman–Crippen LogP) is 4.24. The molecule has 1 aliphatic carbocycles. The monoisotopic (exact) mass is 332 g/mol. The first-order chi connectivity index (χ1) is 11.5. The third-order valence-corrected chi connectivity index (χ3v) is 4.38. The highest BCUT2D eigenvalue weighted by Gasteiger charge is 2.26. The number of nitrogens with one attached hydrogen (secondary N) is 1. The maximum absolute atomic E-state index is 12.3. The van der Waals surface area contributed by atoms with Crippen molar-refractivity contribution >= 4 is 6.03 Å². The van der Waals surface area contributed by atoms with Crippen LogP contribution >= 0.6 is 0 Å². The minimum Gasteiger partial charge on any atom is -0.491 e. The zero-order chi connectivity index (χ0) is 17.5. The highest BCUT2D eigenvalue weighted by atomic mass is 16.5. The van der Waals surface area contributed by atoms with Crippen molar-refractivity contribution in [2.75, 3.05) is 13.1 Å². The Balaban J connectivity index is 1.73. The van der Waals surface area contributed by atoms with E-state index in [0.717, 1.165) is 37.6 Å². The average molecular weight is 332 g/mol.